The van der Waals surface area contributed by atoms with Crippen molar-refractivity contribution in [2.24, 2.45) is 0 Å². The van der Waals surface area contributed by atoms with Gasteiger partial charge >= 0.3 is 6.09 Å². The second-order valence-electron chi connectivity index (χ2n) is 7.03. The summed E-state index contributed by atoms with van der Waals surface area (Å²) >= 11 is 0. The van der Waals surface area contributed by atoms with E-state index in [1.165, 1.54) is 7.11 Å². The Morgan fingerprint density at radius 1 is 1.19 bits per heavy atom. The summed E-state index contributed by atoms with van der Waals surface area (Å²) in [5, 5.41) is 0. The lowest BCUT2D eigenvalue weighted by Crippen LogP contribution is -2.54. The minimum absolute atomic E-state index is 0.00333. The Morgan fingerprint density at radius 2 is 1.92 bits per heavy atom. The van der Waals surface area contributed by atoms with Gasteiger partial charge in [-0.15, -0.1) is 0 Å². The summed E-state index contributed by atoms with van der Waals surface area (Å²) < 4.78 is 4.83. The van der Waals surface area contributed by atoms with Crippen molar-refractivity contribution in [1.29, 1.82) is 0 Å². The molecule has 2 aliphatic heterocycles. The topological polar surface area (TPSA) is 95.6 Å². The number of hydrogen-bond donors (Lipinski definition) is 1. The number of methoxy groups -OCH3 is 1. The molecule has 2 saturated heterocycles. The van der Waals surface area contributed by atoms with Crippen LogP contribution in [0.15, 0.2) is 10.9 Å². The highest BCUT2D eigenvalue weighted by Crippen LogP contribution is 2.28. The van der Waals surface area contributed by atoms with E-state index < -0.39 is 12.1 Å². The van der Waals surface area contributed by atoms with Crippen molar-refractivity contribution in [2.75, 3.05) is 26.7 Å². The third-order valence-electron chi connectivity index (χ3n) is 5.30. The van der Waals surface area contributed by atoms with Crippen molar-refractivity contribution in [3.63, 3.8) is 0 Å². The Kier molecular flexibility index (Phi) is 5.58. The summed E-state index contributed by atoms with van der Waals surface area (Å²) in [6.07, 6.45) is 3.63. The zero-order chi connectivity index (χ0) is 18.7. The molecule has 142 valence electrons. The number of nitrogens with zero attached hydrogens (tertiary/aromatic N) is 3. The summed E-state index contributed by atoms with van der Waals surface area (Å²) in [6, 6.07) is 1.13. The minimum atomic E-state index is -0.430. The van der Waals surface area contributed by atoms with Crippen LogP contribution in [0.25, 0.3) is 0 Å². The number of H-pyrrole nitrogens is 1. The van der Waals surface area contributed by atoms with Crippen LogP contribution >= 0.6 is 0 Å². The maximum Gasteiger partial charge on any atom is 0.410 e. The fraction of sp³-hybridized carbons (Fsp3) is 0.667. The van der Waals surface area contributed by atoms with Gasteiger partial charge in [0.2, 0.25) is 5.91 Å². The van der Waals surface area contributed by atoms with Crippen molar-refractivity contribution in [2.45, 2.75) is 51.0 Å². The highest BCUT2D eigenvalue weighted by Gasteiger charge is 2.36. The molecule has 0 bridgehead atoms. The lowest BCUT2D eigenvalue weighted by Gasteiger charge is -2.39. The number of carbonyl (C=O) groups excluding carboxylic acids is 2. The third kappa shape index (κ3) is 3.89. The lowest BCUT2D eigenvalue weighted by atomic mass is 9.92. The zero-order valence-corrected chi connectivity index (χ0v) is 15.4. The molecule has 1 aromatic heterocycles. The third-order valence-corrected chi connectivity index (χ3v) is 5.30. The van der Waals surface area contributed by atoms with E-state index in [-0.39, 0.29) is 17.4 Å². The monoisotopic (exact) mass is 362 g/mol. The van der Waals surface area contributed by atoms with E-state index in [2.05, 4.69) is 9.97 Å². The standard InChI is InChI=1S/C18H26N4O4/c1-12-19-14(11-16(23)20-12)13-6-9-21(10-7-13)17(24)15-5-3-4-8-22(15)18(25)26-2/h11,13,15H,3-10H2,1-2H3,(H,19,20,23)/t15-/m0/s1. The van der Waals surface area contributed by atoms with Gasteiger partial charge in [0.15, 0.2) is 0 Å². The molecule has 3 rings (SSSR count). The number of aromatic nitrogens is 2. The molecule has 0 radical (unpaired) electrons. The average Bonchev–Trinajstić information content (AvgIpc) is 2.66. The first kappa shape index (κ1) is 18.4. The number of hydrogen-bond acceptors (Lipinski definition) is 5. The summed E-state index contributed by atoms with van der Waals surface area (Å²) in [5.74, 6) is 0.800. The van der Waals surface area contributed by atoms with Crippen LogP contribution in [-0.2, 0) is 9.53 Å². The summed E-state index contributed by atoms with van der Waals surface area (Å²) in [4.78, 5) is 47.0. The van der Waals surface area contributed by atoms with Gasteiger partial charge in [-0.2, -0.15) is 0 Å². The second-order valence-corrected chi connectivity index (χ2v) is 7.03. The molecule has 1 aromatic rings. The zero-order valence-electron chi connectivity index (χ0n) is 15.4. The van der Waals surface area contributed by atoms with Gasteiger partial charge in [0.1, 0.15) is 11.9 Å². The largest absolute Gasteiger partial charge is 0.453 e. The van der Waals surface area contributed by atoms with Gasteiger partial charge in [0.05, 0.1) is 12.8 Å². The number of piperidine rings is 2. The number of aryl methyl sites for hydroxylation is 1. The van der Waals surface area contributed by atoms with Gasteiger partial charge in [0.25, 0.3) is 5.56 Å². The van der Waals surface area contributed by atoms with E-state index in [0.29, 0.717) is 31.9 Å². The molecular formula is C18H26N4O4. The Labute approximate surface area is 152 Å². The first-order valence-corrected chi connectivity index (χ1v) is 9.21. The summed E-state index contributed by atoms with van der Waals surface area (Å²) in [6.45, 7) is 3.56. The van der Waals surface area contributed by atoms with Crippen LogP contribution in [0.4, 0.5) is 4.79 Å². The van der Waals surface area contributed by atoms with Crippen molar-refractivity contribution < 1.29 is 14.3 Å². The first-order valence-electron chi connectivity index (χ1n) is 9.21. The van der Waals surface area contributed by atoms with E-state index in [9.17, 15) is 14.4 Å². The predicted molar refractivity (Wildman–Crippen MR) is 94.9 cm³/mol. The number of rotatable bonds is 2. The number of amides is 2. The minimum Gasteiger partial charge on any atom is -0.453 e. The molecule has 0 saturated carbocycles. The molecule has 1 atom stereocenters. The van der Waals surface area contributed by atoms with E-state index in [1.807, 2.05) is 4.90 Å². The van der Waals surface area contributed by atoms with Gasteiger partial charge < -0.3 is 14.6 Å². The number of carbonyl (C=O) groups is 2. The summed E-state index contributed by atoms with van der Waals surface area (Å²) in [5.41, 5.74) is 0.661. The molecule has 0 spiro atoms. The molecule has 0 unspecified atom stereocenters. The van der Waals surface area contributed by atoms with Crippen LogP contribution in [0.5, 0.6) is 0 Å². The molecule has 26 heavy (non-hydrogen) atoms. The average molecular weight is 362 g/mol. The molecular weight excluding hydrogens is 336 g/mol. The maximum atomic E-state index is 12.9. The predicted octanol–water partition coefficient (Wildman–Crippen LogP) is 1.41. The second kappa shape index (κ2) is 7.88. The van der Waals surface area contributed by atoms with E-state index in [1.54, 1.807) is 17.9 Å². The fourth-order valence-electron chi connectivity index (χ4n) is 3.94. The van der Waals surface area contributed by atoms with Crippen LogP contribution in [0, 0.1) is 6.92 Å². The maximum absolute atomic E-state index is 12.9. The van der Waals surface area contributed by atoms with Crippen LogP contribution in [0.1, 0.15) is 49.5 Å². The van der Waals surface area contributed by atoms with E-state index >= 15 is 0 Å². The smallest absolute Gasteiger partial charge is 0.410 e. The molecule has 3 heterocycles. The number of aromatic amines is 1. The van der Waals surface area contributed by atoms with E-state index in [4.69, 9.17) is 4.74 Å². The normalized spacial score (nSPS) is 21.5. The lowest BCUT2D eigenvalue weighted by molar-refractivity contribution is -0.138. The van der Waals surface area contributed by atoms with Gasteiger partial charge in [-0.05, 0) is 39.0 Å². The number of likely N-dealkylation sites (tertiary alicyclic amines) is 2. The van der Waals surface area contributed by atoms with Crippen molar-refractivity contribution in [3.8, 4) is 0 Å². The molecule has 2 amide bonds. The molecule has 2 fully saturated rings. The Morgan fingerprint density at radius 3 is 2.58 bits per heavy atom. The quantitative estimate of drug-likeness (QED) is 0.858. The molecule has 8 nitrogen and oxygen atoms in total. The van der Waals surface area contributed by atoms with Crippen molar-refractivity contribution in [1.82, 2.24) is 19.8 Å². The highest BCUT2D eigenvalue weighted by molar-refractivity contribution is 5.86. The van der Waals surface area contributed by atoms with Crippen LogP contribution in [-0.4, -0.2) is 64.6 Å². The molecule has 0 aliphatic carbocycles. The Hall–Kier alpha value is -2.38. The van der Waals surface area contributed by atoms with E-state index in [0.717, 1.165) is 31.4 Å². The van der Waals surface area contributed by atoms with Gasteiger partial charge in [-0.1, -0.05) is 0 Å². The SMILES string of the molecule is COC(=O)N1CCCC[C@H]1C(=O)N1CCC(c2cc(=O)[nH]c(C)n2)CC1. The van der Waals surface area contributed by atoms with Crippen molar-refractivity contribution in [3.05, 3.63) is 27.9 Å². The highest BCUT2D eigenvalue weighted by atomic mass is 16.5. The molecule has 0 aromatic carbocycles. The Balaban J connectivity index is 1.64. The van der Waals surface area contributed by atoms with Gasteiger partial charge in [-0.25, -0.2) is 9.78 Å². The van der Waals surface area contributed by atoms with Gasteiger partial charge in [-0.3, -0.25) is 14.5 Å². The Bertz CT molecular complexity index is 724. The van der Waals surface area contributed by atoms with Crippen LogP contribution in [0.2, 0.25) is 0 Å². The molecule has 2 aliphatic rings. The van der Waals surface area contributed by atoms with Gasteiger partial charge in [0, 0.05) is 31.6 Å². The molecule has 8 heteroatoms. The first-order chi connectivity index (χ1) is 12.5. The number of ether oxygens (including phenoxy) is 1. The summed E-state index contributed by atoms with van der Waals surface area (Å²) in [7, 11) is 1.35. The fourth-order valence-corrected chi connectivity index (χ4v) is 3.94. The van der Waals surface area contributed by atoms with Crippen LogP contribution < -0.4 is 5.56 Å². The molecule has 1 N–H and O–H groups in total. The van der Waals surface area contributed by atoms with Crippen molar-refractivity contribution >= 4 is 12.0 Å². The van der Waals surface area contributed by atoms with Crippen LogP contribution in [0.3, 0.4) is 0 Å². The number of nitrogens with one attached hydrogen (secondary N) is 1.